The average Bonchev–Trinajstić information content (AvgIpc) is 2.35. The number of carbonyl (C=O) groups excluding carboxylic acids is 1. The lowest BCUT2D eigenvalue weighted by Gasteiger charge is -2.10. The number of carbonyl (C=O) groups is 2. The first-order chi connectivity index (χ1) is 9.43. The third-order valence-corrected chi connectivity index (χ3v) is 2.70. The van der Waals surface area contributed by atoms with Gasteiger partial charge in [0.1, 0.15) is 11.3 Å². The van der Waals surface area contributed by atoms with Gasteiger partial charge < -0.3 is 20.8 Å². The van der Waals surface area contributed by atoms with E-state index in [0.29, 0.717) is 12.1 Å². The molecule has 0 unspecified atom stereocenters. The smallest absolute Gasteiger partial charge is 0.339 e. The largest absolute Gasteiger partial charge is 0.507 e. The van der Waals surface area contributed by atoms with Gasteiger partial charge in [0, 0.05) is 18.2 Å². The van der Waals surface area contributed by atoms with Crippen molar-refractivity contribution < 1.29 is 19.8 Å². The van der Waals surface area contributed by atoms with E-state index >= 15 is 0 Å². The first-order valence-corrected chi connectivity index (χ1v) is 6.52. The lowest BCUT2D eigenvalue weighted by atomic mass is 10.2. The number of anilines is 1. The van der Waals surface area contributed by atoms with Crippen LogP contribution in [-0.2, 0) is 4.79 Å². The maximum absolute atomic E-state index is 11.4. The number of rotatable bonds is 5. The minimum atomic E-state index is -1.22. The standard InChI is InChI=1S/C13H16N2O4S/c1-2-3-4-11(17)15-13(20)14-8-5-6-9(12(18)19)10(16)7-8/h5-7,16H,2-4H2,1H3,(H,18,19)(H2,14,15,17,20). The van der Waals surface area contributed by atoms with Crippen molar-refractivity contribution in [3.05, 3.63) is 23.8 Å². The van der Waals surface area contributed by atoms with Crippen molar-refractivity contribution in [1.29, 1.82) is 0 Å². The van der Waals surface area contributed by atoms with Gasteiger partial charge in [-0.2, -0.15) is 0 Å². The van der Waals surface area contributed by atoms with Gasteiger partial charge >= 0.3 is 5.97 Å². The molecule has 0 aromatic heterocycles. The zero-order chi connectivity index (χ0) is 15.1. The number of hydrogen-bond donors (Lipinski definition) is 4. The molecule has 0 aliphatic rings. The fraction of sp³-hybridized carbons (Fsp3) is 0.308. The molecule has 1 aromatic carbocycles. The Morgan fingerprint density at radius 1 is 1.35 bits per heavy atom. The second-order valence-electron chi connectivity index (χ2n) is 4.14. The lowest BCUT2D eigenvalue weighted by Crippen LogP contribution is -2.33. The summed E-state index contributed by atoms with van der Waals surface area (Å²) in [6.45, 7) is 1.98. The van der Waals surface area contributed by atoms with Crippen molar-refractivity contribution in [3.8, 4) is 5.75 Å². The van der Waals surface area contributed by atoms with Crippen LogP contribution in [0.2, 0.25) is 0 Å². The van der Waals surface area contributed by atoms with Crippen LogP contribution in [0.15, 0.2) is 18.2 Å². The minimum Gasteiger partial charge on any atom is -0.507 e. The summed E-state index contributed by atoms with van der Waals surface area (Å²) >= 11 is 4.95. The van der Waals surface area contributed by atoms with Crippen LogP contribution in [0.3, 0.4) is 0 Å². The topological polar surface area (TPSA) is 98.7 Å². The van der Waals surface area contributed by atoms with Crippen LogP contribution in [0.25, 0.3) is 0 Å². The molecule has 0 saturated carbocycles. The van der Waals surface area contributed by atoms with Gasteiger partial charge in [-0.25, -0.2) is 4.79 Å². The Kier molecular flexibility index (Phi) is 5.92. The summed E-state index contributed by atoms with van der Waals surface area (Å²) in [6, 6.07) is 3.93. The molecule has 108 valence electrons. The third-order valence-electron chi connectivity index (χ3n) is 2.50. The SMILES string of the molecule is CCCCC(=O)NC(=S)Nc1ccc(C(=O)O)c(O)c1. The van der Waals surface area contributed by atoms with Crippen molar-refractivity contribution in [1.82, 2.24) is 5.32 Å². The molecule has 0 fully saturated rings. The lowest BCUT2D eigenvalue weighted by molar-refractivity contribution is -0.119. The highest BCUT2D eigenvalue weighted by atomic mass is 32.1. The summed E-state index contributed by atoms with van der Waals surface area (Å²) in [5, 5.41) is 23.6. The molecule has 0 spiro atoms. The highest BCUT2D eigenvalue weighted by molar-refractivity contribution is 7.80. The number of thiocarbonyl (C=S) groups is 1. The van der Waals surface area contributed by atoms with Gasteiger partial charge in [0.05, 0.1) is 0 Å². The highest BCUT2D eigenvalue weighted by Gasteiger charge is 2.10. The van der Waals surface area contributed by atoms with Crippen molar-refractivity contribution in [3.63, 3.8) is 0 Å². The zero-order valence-corrected chi connectivity index (χ0v) is 11.8. The number of amides is 1. The van der Waals surface area contributed by atoms with Gasteiger partial charge in [0.2, 0.25) is 5.91 Å². The van der Waals surface area contributed by atoms with Gasteiger partial charge in [0.25, 0.3) is 0 Å². The van der Waals surface area contributed by atoms with E-state index in [1.807, 2.05) is 6.92 Å². The molecule has 1 amide bonds. The number of carboxylic acid groups (broad SMARTS) is 1. The number of hydrogen-bond acceptors (Lipinski definition) is 4. The number of aromatic carboxylic acids is 1. The molecule has 1 rings (SSSR count). The van der Waals surface area contributed by atoms with Gasteiger partial charge in [-0.15, -0.1) is 0 Å². The summed E-state index contributed by atoms with van der Waals surface area (Å²) in [7, 11) is 0. The second-order valence-corrected chi connectivity index (χ2v) is 4.55. The third kappa shape index (κ3) is 4.85. The highest BCUT2D eigenvalue weighted by Crippen LogP contribution is 2.21. The molecule has 7 heteroatoms. The minimum absolute atomic E-state index is 0.105. The van der Waals surface area contributed by atoms with E-state index in [1.165, 1.54) is 18.2 Å². The number of aromatic hydroxyl groups is 1. The van der Waals surface area contributed by atoms with Crippen LogP contribution in [0.1, 0.15) is 36.5 Å². The Morgan fingerprint density at radius 3 is 2.60 bits per heavy atom. The maximum atomic E-state index is 11.4. The Morgan fingerprint density at radius 2 is 2.05 bits per heavy atom. The molecule has 0 aliphatic heterocycles. The van der Waals surface area contributed by atoms with Gasteiger partial charge in [0.15, 0.2) is 5.11 Å². The van der Waals surface area contributed by atoms with E-state index in [0.717, 1.165) is 12.8 Å². The van der Waals surface area contributed by atoms with E-state index in [4.69, 9.17) is 17.3 Å². The van der Waals surface area contributed by atoms with E-state index < -0.39 is 5.97 Å². The Hall–Kier alpha value is -2.15. The Balaban J connectivity index is 2.60. The summed E-state index contributed by atoms with van der Waals surface area (Å²) in [5.74, 6) is -1.78. The number of phenols is 1. The van der Waals surface area contributed by atoms with Crippen LogP contribution in [0, 0.1) is 0 Å². The molecule has 0 saturated heterocycles. The first kappa shape index (κ1) is 15.9. The summed E-state index contributed by atoms with van der Waals surface area (Å²) in [4.78, 5) is 22.2. The zero-order valence-electron chi connectivity index (χ0n) is 11.0. The maximum Gasteiger partial charge on any atom is 0.339 e. The van der Waals surface area contributed by atoms with Gasteiger partial charge in [-0.3, -0.25) is 4.79 Å². The van der Waals surface area contributed by atoms with Crippen molar-refractivity contribution in [2.45, 2.75) is 26.2 Å². The molecule has 0 heterocycles. The van der Waals surface area contributed by atoms with Crippen LogP contribution in [0.4, 0.5) is 5.69 Å². The molecule has 1 aromatic rings. The molecule has 20 heavy (non-hydrogen) atoms. The van der Waals surface area contributed by atoms with Crippen molar-refractivity contribution in [2.24, 2.45) is 0 Å². The van der Waals surface area contributed by atoms with Gasteiger partial charge in [-0.1, -0.05) is 13.3 Å². The molecule has 0 bridgehead atoms. The second kappa shape index (κ2) is 7.44. The van der Waals surface area contributed by atoms with Crippen molar-refractivity contribution >= 4 is 34.9 Å². The average molecular weight is 296 g/mol. The number of carboxylic acids is 1. The Bertz CT molecular complexity index is 531. The number of unbranched alkanes of at least 4 members (excludes halogenated alkanes) is 1. The molecule has 6 nitrogen and oxygen atoms in total. The Labute approximate surface area is 121 Å². The van der Waals surface area contributed by atoms with E-state index in [9.17, 15) is 14.7 Å². The quantitative estimate of drug-likeness (QED) is 0.621. The van der Waals surface area contributed by atoms with Gasteiger partial charge in [-0.05, 0) is 30.8 Å². The van der Waals surface area contributed by atoms with E-state index in [-0.39, 0.29) is 22.3 Å². The monoisotopic (exact) mass is 296 g/mol. The molecule has 0 aliphatic carbocycles. The van der Waals surface area contributed by atoms with E-state index in [2.05, 4.69) is 10.6 Å². The summed E-state index contributed by atoms with van der Waals surface area (Å²) in [5.41, 5.74) is 0.196. The van der Waals surface area contributed by atoms with E-state index in [1.54, 1.807) is 0 Å². The fourth-order valence-electron chi connectivity index (χ4n) is 1.48. The van der Waals surface area contributed by atoms with Crippen LogP contribution in [0.5, 0.6) is 5.75 Å². The molecular weight excluding hydrogens is 280 g/mol. The molecule has 4 N–H and O–H groups in total. The molecule has 0 radical (unpaired) electrons. The van der Waals surface area contributed by atoms with Crippen LogP contribution < -0.4 is 10.6 Å². The first-order valence-electron chi connectivity index (χ1n) is 6.11. The fourth-order valence-corrected chi connectivity index (χ4v) is 1.71. The normalized spacial score (nSPS) is 9.85. The number of benzene rings is 1. The van der Waals surface area contributed by atoms with Crippen molar-refractivity contribution in [2.75, 3.05) is 5.32 Å². The number of nitrogens with one attached hydrogen (secondary N) is 2. The predicted octanol–water partition coefficient (Wildman–Crippen LogP) is 2.09. The molecular formula is C13H16N2O4S. The van der Waals surface area contributed by atoms with Crippen LogP contribution in [-0.4, -0.2) is 27.2 Å². The predicted molar refractivity (Wildman–Crippen MR) is 79.0 cm³/mol. The summed E-state index contributed by atoms with van der Waals surface area (Å²) in [6.07, 6.45) is 2.09. The van der Waals surface area contributed by atoms with Crippen LogP contribution >= 0.6 is 12.2 Å². The molecule has 0 atom stereocenters. The summed E-state index contributed by atoms with van der Waals surface area (Å²) < 4.78 is 0.